The van der Waals surface area contributed by atoms with Crippen molar-refractivity contribution in [2.75, 3.05) is 7.11 Å². The lowest BCUT2D eigenvalue weighted by atomic mass is 10.2. The maximum atomic E-state index is 11.0. The molecule has 2 aromatic rings. The van der Waals surface area contributed by atoms with Crippen molar-refractivity contribution >= 4 is 40.8 Å². The molecule has 1 heterocycles. The summed E-state index contributed by atoms with van der Waals surface area (Å²) in [4.78, 5) is 11.0. The Balaban J connectivity index is 1.88. The van der Waals surface area contributed by atoms with Gasteiger partial charge in [0.25, 0.3) is 0 Å². The second-order valence-electron chi connectivity index (χ2n) is 4.13. The van der Waals surface area contributed by atoms with Crippen LogP contribution in [-0.2, 0) is 10.5 Å². The number of thioether (sulfide) groups is 2. The third-order valence-electron chi connectivity index (χ3n) is 2.59. The molecule has 0 saturated carbocycles. The minimum atomic E-state index is -0.345. The van der Waals surface area contributed by atoms with E-state index in [1.165, 1.54) is 28.7 Å². The normalized spacial score (nSPS) is 12.1. The Labute approximate surface area is 135 Å². The Morgan fingerprint density at radius 1 is 1.33 bits per heavy atom. The topological polar surface area (TPSA) is 78.1 Å². The van der Waals surface area contributed by atoms with Crippen molar-refractivity contribution in [2.24, 2.45) is 5.73 Å². The molecule has 1 amide bonds. The number of nitrogens with two attached hydrogens (primary N) is 1. The minimum Gasteiger partial charge on any atom is -0.497 e. The Hall–Kier alpha value is -1.25. The van der Waals surface area contributed by atoms with Gasteiger partial charge in [0.2, 0.25) is 5.91 Å². The largest absolute Gasteiger partial charge is 0.497 e. The van der Waals surface area contributed by atoms with Gasteiger partial charge in [-0.2, -0.15) is 0 Å². The molecule has 2 rings (SSSR count). The molecule has 21 heavy (non-hydrogen) atoms. The van der Waals surface area contributed by atoms with Crippen molar-refractivity contribution in [2.45, 2.75) is 26.6 Å². The summed E-state index contributed by atoms with van der Waals surface area (Å²) in [5.41, 5.74) is 6.42. The Kier molecular flexibility index (Phi) is 5.89. The minimum absolute atomic E-state index is 0.294. The first kappa shape index (κ1) is 16.1. The fraction of sp³-hybridized carbons (Fsp3) is 0.308. The summed E-state index contributed by atoms with van der Waals surface area (Å²) in [6.45, 7) is 1.76. The summed E-state index contributed by atoms with van der Waals surface area (Å²) in [5.74, 6) is 1.32. The maximum Gasteiger partial charge on any atom is 0.230 e. The molecule has 0 fully saturated rings. The van der Waals surface area contributed by atoms with Crippen molar-refractivity contribution in [1.29, 1.82) is 0 Å². The maximum absolute atomic E-state index is 11.0. The van der Waals surface area contributed by atoms with Gasteiger partial charge in [-0.25, -0.2) is 0 Å². The third kappa shape index (κ3) is 4.90. The first-order chi connectivity index (χ1) is 10.1. The Morgan fingerprint density at radius 3 is 2.62 bits per heavy atom. The highest BCUT2D eigenvalue weighted by Gasteiger charge is 2.14. The predicted molar refractivity (Wildman–Crippen MR) is 87.0 cm³/mol. The zero-order chi connectivity index (χ0) is 15.2. The van der Waals surface area contributed by atoms with Gasteiger partial charge in [0, 0.05) is 5.75 Å². The fourth-order valence-corrected chi connectivity index (χ4v) is 4.45. The van der Waals surface area contributed by atoms with Gasteiger partial charge < -0.3 is 10.5 Å². The van der Waals surface area contributed by atoms with E-state index in [-0.39, 0.29) is 11.2 Å². The first-order valence-corrected chi connectivity index (χ1v) is 8.82. The summed E-state index contributed by atoms with van der Waals surface area (Å²) in [5, 5.41) is 7.88. The van der Waals surface area contributed by atoms with E-state index in [1.54, 1.807) is 25.8 Å². The van der Waals surface area contributed by atoms with Crippen LogP contribution >= 0.6 is 34.9 Å². The summed E-state index contributed by atoms with van der Waals surface area (Å²) >= 11 is 4.43. The highest BCUT2D eigenvalue weighted by molar-refractivity contribution is 8.03. The predicted octanol–water partition coefficient (Wildman–Crippen LogP) is 2.80. The van der Waals surface area contributed by atoms with Gasteiger partial charge in [0.1, 0.15) is 5.75 Å². The average Bonchev–Trinajstić information content (AvgIpc) is 2.93. The lowest BCUT2D eigenvalue weighted by Crippen LogP contribution is -2.22. The highest BCUT2D eigenvalue weighted by Crippen LogP contribution is 2.32. The van der Waals surface area contributed by atoms with Gasteiger partial charge in [-0.1, -0.05) is 47.0 Å². The van der Waals surface area contributed by atoms with Gasteiger partial charge >= 0.3 is 0 Å². The number of benzene rings is 1. The number of carbonyl (C=O) groups is 1. The first-order valence-electron chi connectivity index (χ1n) is 6.13. The lowest BCUT2D eigenvalue weighted by molar-refractivity contribution is -0.117. The number of nitrogens with zero attached hydrogens (tertiary/aromatic N) is 2. The Morgan fingerprint density at radius 2 is 2.00 bits per heavy atom. The summed E-state index contributed by atoms with van der Waals surface area (Å²) in [6.07, 6.45) is 0. The summed E-state index contributed by atoms with van der Waals surface area (Å²) in [6, 6.07) is 7.92. The van der Waals surface area contributed by atoms with Crippen molar-refractivity contribution in [1.82, 2.24) is 10.2 Å². The average molecular weight is 341 g/mol. The number of hydrogen-bond donors (Lipinski definition) is 1. The van der Waals surface area contributed by atoms with Crippen molar-refractivity contribution < 1.29 is 9.53 Å². The molecule has 0 aliphatic rings. The number of hydrogen-bond acceptors (Lipinski definition) is 7. The zero-order valence-electron chi connectivity index (χ0n) is 11.6. The van der Waals surface area contributed by atoms with Crippen molar-refractivity contribution in [3.63, 3.8) is 0 Å². The van der Waals surface area contributed by atoms with E-state index in [0.717, 1.165) is 20.2 Å². The summed E-state index contributed by atoms with van der Waals surface area (Å²) in [7, 11) is 1.65. The zero-order valence-corrected chi connectivity index (χ0v) is 14.1. The van der Waals surface area contributed by atoms with E-state index in [2.05, 4.69) is 10.2 Å². The van der Waals surface area contributed by atoms with Crippen LogP contribution in [0, 0.1) is 0 Å². The highest BCUT2D eigenvalue weighted by atomic mass is 32.2. The smallest absolute Gasteiger partial charge is 0.230 e. The molecule has 8 heteroatoms. The molecule has 0 unspecified atom stereocenters. The van der Waals surface area contributed by atoms with Gasteiger partial charge in [0.05, 0.1) is 12.4 Å². The molecule has 1 aromatic heterocycles. The summed E-state index contributed by atoms with van der Waals surface area (Å²) < 4.78 is 6.77. The van der Waals surface area contributed by atoms with Gasteiger partial charge in [-0.15, -0.1) is 10.2 Å². The number of ether oxygens (including phenoxy) is 1. The molecule has 0 bridgehead atoms. The molecule has 0 saturated heterocycles. The van der Waals surface area contributed by atoms with E-state index in [1.807, 2.05) is 24.3 Å². The van der Waals surface area contributed by atoms with E-state index >= 15 is 0 Å². The molecule has 0 spiro atoms. The molecule has 2 N–H and O–H groups in total. The number of aromatic nitrogens is 2. The second kappa shape index (κ2) is 7.67. The second-order valence-corrected chi connectivity index (χ2v) is 7.92. The van der Waals surface area contributed by atoms with Crippen LogP contribution in [-0.4, -0.2) is 28.5 Å². The number of carbonyl (C=O) groups excluding carboxylic acids is 1. The standard InChI is InChI=1S/C13H15N3O2S3/c1-8(11(14)17)20-13-16-15-12(21-13)19-7-9-3-5-10(18-2)6-4-9/h3-6,8H,7H2,1-2H3,(H2,14,17)/t8-/m1/s1. The van der Waals surface area contributed by atoms with Crippen LogP contribution in [0.5, 0.6) is 5.75 Å². The van der Waals surface area contributed by atoms with E-state index in [4.69, 9.17) is 10.5 Å². The molecule has 112 valence electrons. The van der Waals surface area contributed by atoms with Crippen LogP contribution in [0.15, 0.2) is 32.9 Å². The number of primary amides is 1. The molecule has 1 aromatic carbocycles. The molecular weight excluding hydrogens is 326 g/mol. The van der Waals surface area contributed by atoms with Crippen LogP contribution < -0.4 is 10.5 Å². The Bertz CT molecular complexity index is 601. The fourth-order valence-electron chi connectivity index (χ4n) is 1.38. The number of methoxy groups -OCH3 is 1. The molecule has 0 aliphatic heterocycles. The van der Waals surface area contributed by atoms with Crippen LogP contribution in [0.3, 0.4) is 0 Å². The third-order valence-corrected chi connectivity index (χ3v) is 5.92. The monoisotopic (exact) mass is 341 g/mol. The molecule has 0 radical (unpaired) electrons. The SMILES string of the molecule is COc1ccc(CSc2nnc(S[C@H](C)C(N)=O)s2)cc1. The quantitative estimate of drug-likeness (QED) is 0.780. The number of amides is 1. The van der Waals surface area contributed by atoms with E-state index < -0.39 is 0 Å². The van der Waals surface area contributed by atoms with Crippen molar-refractivity contribution in [3.8, 4) is 5.75 Å². The van der Waals surface area contributed by atoms with Crippen LogP contribution in [0.2, 0.25) is 0 Å². The van der Waals surface area contributed by atoms with Crippen LogP contribution in [0.4, 0.5) is 0 Å². The lowest BCUT2D eigenvalue weighted by Gasteiger charge is -2.02. The van der Waals surface area contributed by atoms with Gasteiger partial charge in [-0.3, -0.25) is 4.79 Å². The molecule has 1 atom stereocenters. The van der Waals surface area contributed by atoms with Gasteiger partial charge in [0.15, 0.2) is 8.68 Å². The molecular formula is C13H15N3O2S3. The van der Waals surface area contributed by atoms with Gasteiger partial charge in [-0.05, 0) is 24.6 Å². The van der Waals surface area contributed by atoms with Crippen LogP contribution in [0.1, 0.15) is 12.5 Å². The van der Waals surface area contributed by atoms with Crippen molar-refractivity contribution in [3.05, 3.63) is 29.8 Å². The van der Waals surface area contributed by atoms with Crippen LogP contribution in [0.25, 0.3) is 0 Å². The van der Waals surface area contributed by atoms with E-state index in [0.29, 0.717) is 0 Å². The molecule has 0 aliphatic carbocycles. The number of rotatable bonds is 7. The molecule has 5 nitrogen and oxygen atoms in total. The van der Waals surface area contributed by atoms with E-state index in [9.17, 15) is 4.79 Å².